The maximum Gasteiger partial charge on any atom is 0.500 e. The summed E-state index contributed by atoms with van der Waals surface area (Å²) in [5.74, 6) is -0.757. The highest BCUT2D eigenvalue weighted by Crippen LogP contribution is 2.46. The highest BCUT2D eigenvalue weighted by Gasteiger charge is 2.39. The summed E-state index contributed by atoms with van der Waals surface area (Å²) in [5.41, 5.74) is 1.70. The van der Waals surface area contributed by atoms with Gasteiger partial charge in [-0.25, -0.2) is 4.79 Å². The maximum absolute atomic E-state index is 12.9. The minimum atomic E-state index is -2.84. The highest BCUT2D eigenvalue weighted by molar-refractivity contribution is 14.1. The third-order valence-electron chi connectivity index (χ3n) is 6.64. The Hall–Kier alpha value is -1.11. The molecule has 1 aliphatic heterocycles. The van der Waals surface area contributed by atoms with Crippen molar-refractivity contribution in [2.75, 3.05) is 26.4 Å². The standard InChI is InChI=1S/C30H29I4NO9Si/c1-4-40-45(41-5-2,42-6-3)13-9-12-35-30(39)44-28-21(32)15-19-22(16-10-7-8-11-17(16)29(37)38)18-14-20(31)25(36)23(33)26(18)43-27(19)24(28)34/h7-8,10-11,14-15H,4-6,9,12-13H2,1-3H3,(H,35,39)(H,37,38)/p-1. The van der Waals surface area contributed by atoms with E-state index in [1.165, 1.54) is 6.07 Å². The molecule has 0 aromatic heterocycles. The lowest BCUT2D eigenvalue weighted by Crippen LogP contribution is -2.46. The molecule has 0 unspecified atom stereocenters. The Kier molecular flexibility index (Phi) is 13.3. The van der Waals surface area contributed by atoms with E-state index in [0.717, 1.165) is 0 Å². The fourth-order valence-corrected chi connectivity index (χ4v) is 11.3. The Morgan fingerprint density at radius 1 is 0.911 bits per heavy atom. The SMILES string of the molecule is CCO[Si](CCCNC(=O)Oc1c(I)cc2c(-c3ccccc3C(=O)[O-])c3cc(I)c(=O)c(I)c-3oc2c1I)(OCC)OCC. The predicted molar refractivity (Wildman–Crippen MR) is 204 cm³/mol. The largest absolute Gasteiger partial charge is 0.545 e. The van der Waals surface area contributed by atoms with Gasteiger partial charge in [0.15, 0.2) is 17.1 Å². The number of benzene rings is 3. The lowest BCUT2D eigenvalue weighted by molar-refractivity contribution is -0.254. The van der Waals surface area contributed by atoms with E-state index < -0.39 is 20.9 Å². The second-order valence-electron chi connectivity index (χ2n) is 9.47. The number of carbonyl (C=O) groups is 2. The van der Waals surface area contributed by atoms with Crippen LogP contribution in [-0.2, 0) is 13.3 Å². The van der Waals surface area contributed by atoms with E-state index in [4.69, 9.17) is 22.4 Å². The number of carbonyl (C=O) groups excluding carboxylic acids is 2. The number of rotatable bonds is 13. The monoisotopic (exact) mass is 1080 g/mol. The summed E-state index contributed by atoms with van der Waals surface area (Å²) < 4.78 is 31.7. The van der Waals surface area contributed by atoms with Gasteiger partial charge in [-0.05, 0) is 135 Å². The summed E-state index contributed by atoms with van der Waals surface area (Å²) in [6.45, 7) is 7.39. The Morgan fingerprint density at radius 3 is 2.18 bits per heavy atom. The molecular weight excluding hydrogens is 1050 g/mol. The molecule has 0 radical (unpaired) electrons. The lowest BCUT2D eigenvalue weighted by Gasteiger charge is -2.28. The molecule has 0 spiro atoms. The van der Waals surface area contributed by atoms with Crippen LogP contribution >= 0.6 is 90.4 Å². The van der Waals surface area contributed by atoms with Gasteiger partial charge < -0.3 is 37.6 Å². The molecule has 1 amide bonds. The summed E-state index contributed by atoms with van der Waals surface area (Å²) in [5, 5.41) is 15.5. The van der Waals surface area contributed by atoms with Crippen LogP contribution in [0.25, 0.3) is 33.4 Å². The van der Waals surface area contributed by atoms with E-state index in [1.807, 2.05) is 88.5 Å². The van der Waals surface area contributed by atoms with E-state index in [-0.39, 0.29) is 16.7 Å². The van der Waals surface area contributed by atoms with Crippen molar-refractivity contribution >= 4 is 122 Å². The van der Waals surface area contributed by atoms with Gasteiger partial charge in [0.2, 0.25) is 5.43 Å². The molecule has 0 fully saturated rings. The fourth-order valence-electron chi connectivity index (χ4n) is 4.87. The number of carboxylic acid groups (broad SMARTS) is 1. The van der Waals surface area contributed by atoms with Crippen LogP contribution in [0.15, 0.2) is 45.6 Å². The summed E-state index contributed by atoms with van der Waals surface area (Å²) >= 11 is 8.02. The molecule has 45 heavy (non-hydrogen) atoms. The number of halogens is 4. The number of hydrogen-bond acceptors (Lipinski definition) is 9. The van der Waals surface area contributed by atoms with Crippen LogP contribution in [0.5, 0.6) is 5.75 Å². The molecule has 0 atom stereocenters. The normalized spacial score (nSPS) is 11.7. The predicted octanol–water partition coefficient (Wildman–Crippen LogP) is 6.87. The van der Waals surface area contributed by atoms with Crippen LogP contribution in [0.1, 0.15) is 37.6 Å². The highest BCUT2D eigenvalue weighted by atomic mass is 127. The van der Waals surface area contributed by atoms with Crippen LogP contribution in [0.3, 0.4) is 0 Å². The molecule has 240 valence electrons. The van der Waals surface area contributed by atoms with E-state index in [9.17, 15) is 19.5 Å². The van der Waals surface area contributed by atoms with Crippen LogP contribution < -0.4 is 20.6 Å². The van der Waals surface area contributed by atoms with E-state index in [1.54, 1.807) is 30.3 Å². The maximum atomic E-state index is 12.9. The number of ether oxygens (including phenoxy) is 1. The molecule has 1 aliphatic carbocycles. The molecule has 10 nitrogen and oxygen atoms in total. The van der Waals surface area contributed by atoms with Crippen molar-refractivity contribution in [1.29, 1.82) is 0 Å². The first kappa shape index (κ1) is 36.7. The number of fused-ring (bicyclic) bond motifs is 2. The quantitative estimate of drug-likeness (QED) is 0.0659. The van der Waals surface area contributed by atoms with Gasteiger partial charge in [-0.2, -0.15) is 0 Å². The van der Waals surface area contributed by atoms with Crippen LogP contribution in [-0.4, -0.2) is 47.2 Å². The van der Waals surface area contributed by atoms with Crippen LogP contribution in [0.2, 0.25) is 6.04 Å². The molecule has 2 aromatic carbocycles. The van der Waals surface area contributed by atoms with Crippen molar-refractivity contribution in [3.05, 3.63) is 66.5 Å². The molecule has 1 heterocycles. The van der Waals surface area contributed by atoms with Crippen molar-refractivity contribution in [3.63, 3.8) is 0 Å². The van der Waals surface area contributed by atoms with Gasteiger partial charge in [-0.15, -0.1) is 0 Å². The van der Waals surface area contributed by atoms with Crippen LogP contribution in [0, 0.1) is 14.3 Å². The molecule has 2 aliphatic rings. The molecule has 4 rings (SSSR count). The summed E-state index contributed by atoms with van der Waals surface area (Å²) in [7, 11) is -2.84. The van der Waals surface area contributed by atoms with Gasteiger partial charge in [0, 0.05) is 54.5 Å². The van der Waals surface area contributed by atoms with Gasteiger partial charge in [0.05, 0.1) is 13.1 Å². The van der Waals surface area contributed by atoms with Crippen molar-refractivity contribution in [1.82, 2.24) is 5.32 Å². The first-order valence-corrected chi connectivity index (χ1v) is 20.2. The Labute approximate surface area is 315 Å². The molecule has 0 saturated heterocycles. The molecular formula is C30H28I4NO9Si-. The van der Waals surface area contributed by atoms with Crippen molar-refractivity contribution in [2.45, 2.75) is 33.2 Å². The first-order chi connectivity index (χ1) is 21.5. The molecule has 2 aromatic rings. The Morgan fingerprint density at radius 2 is 1.56 bits per heavy atom. The first-order valence-electron chi connectivity index (χ1n) is 13.9. The number of amides is 1. The van der Waals surface area contributed by atoms with Crippen molar-refractivity contribution in [3.8, 4) is 28.2 Å². The zero-order valence-corrected chi connectivity index (χ0v) is 34.0. The fraction of sp³-hybridized carbons (Fsp3) is 0.300. The lowest BCUT2D eigenvalue weighted by atomic mass is 9.91. The Bertz CT molecular complexity index is 1750. The van der Waals surface area contributed by atoms with Gasteiger partial charge in [-0.1, -0.05) is 24.3 Å². The molecule has 1 N–H and O–H groups in total. The molecule has 0 bridgehead atoms. The Balaban J connectivity index is 1.73. The average Bonchev–Trinajstić information content (AvgIpc) is 3.00. The molecule has 0 saturated carbocycles. The summed E-state index contributed by atoms with van der Waals surface area (Å²) in [6, 6.07) is 10.6. The summed E-state index contributed by atoms with van der Waals surface area (Å²) in [6.07, 6.45) is -0.0965. The van der Waals surface area contributed by atoms with Gasteiger partial charge in [-0.3, -0.25) is 4.79 Å². The zero-order valence-electron chi connectivity index (χ0n) is 24.4. The second-order valence-corrected chi connectivity index (χ2v) is 16.7. The topological polar surface area (TPSA) is 136 Å². The smallest absolute Gasteiger partial charge is 0.500 e. The number of nitrogens with one attached hydrogen (secondary N) is 1. The van der Waals surface area contributed by atoms with E-state index in [0.29, 0.717) is 86.5 Å². The minimum absolute atomic E-state index is 0.00247. The third-order valence-corrected chi connectivity index (χ3v) is 13.4. The van der Waals surface area contributed by atoms with Crippen molar-refractivity contribution in [2.24, 2.45) is 0 Å². The summed E-state index contributed by atoms with van der Waals surface area (Å²) in [4.78, 5) is 38.0. The van der Waals surface area contributed by atoms with Gasteiger partial charge >= 0.3 is 14.9 Å². The zero-order chi connectivity index (χ0) is 32.9. The van der Waals surface area contributed by atoms with Gasteiger partial charge in [0.1, 0.15) is 7.14 Å². The van der Waals surface area contributed by atoms with E-state index >= 15 is 0 Å². The number of carboxylic acids is 1. The average molecular weight is 1080 g/mol. The molecule has 15 heteroatoms. The van der Waals surface area contributed by atoms with Gasteiger partial charge in [0.25, 0.3) is 0 Å². The number of aromatic carboxylic acids is 1. The minimum Gasteiger partial charge on any atom is -0.545 e. The van der Waals surface area contributed by atoms with Crippen molar-refractivity contribution < 1.29 is 37.1 Å². The van der Waals surface area contributed by atoms with Crippen LogP contribution in [0.4, 0.5) is 4.79 Å². The number of hydrogen-bond donors (Lipinski definition) is 1. The third kappa shape index (κ3) is 8.13. The second kappa shape index (κ2) is 16.3. The van der Waals surface area contributed by atoms with E-state index in [2.05, 4.69) is 27.9 Å².